The standard InChI is InChI=1S/C19H30N6O3S/c1-13(2)11-25-17(24-6-8-27-9-7-24)21-22-18(25)29-12-15(26)20-16-10-14(23-28-16)19(3,4)5/h10,13H,6-9,11-12H2,1-5H3,(H,20,26). The van der Waals surface area contributed by atoms with Crippen molar-refractivity contribution in [3.8, 4) is 0 Å². The molecule has 1 aliphatic rings. The molecule has 1 fully saturated rings. The van der Waals surface area contributed by atoms with Gasteiger partial charge in [-0.25, -0.2) is 0 Å². The van der Waals surface area contributed by atoms with Crippen LogP contribution in [-0.2, 0) is 21.5 Å². The summed E-state index contributed by atoms with van der Waals surface area (Å²) < 4.78 is 12.8. The molecule has 160 valence electrons. The fourth-order valence-electron chi connectivity index (χ4n) is 2.90. The number of morpholine rings is 1. The number of nitrogens with zero attached hydrogens (tertiary/aromatic N) is 5. The summed E-state index contributed by atoms with van der Waals surface area (Å²) in [5.41, 5.74) is 0.664. The Labute approximate surface area is 175 Å². The van der Waals surface area contributed by atoms with Crippen LogP contribution in [0.25, 0.3) is 0 Å². The number of hydrogen-bond donors (Lipinski definition) is 1. The van der Waals surface area contributed by atoms with Gasteiger partial charge in [0.15, 0.2) is 5.16 Å². The van der Waals surface area contributed by atoms with Crippen molar-refractivity contribution in [2.24, 2.45) is 5.92 Å². The smallest absolute Gasteiger partial charge is 0.237 e. The Kier molecular flexibility index (Phi) is 6.84. The topological polar surface area (TPSA) is 98.3 Å². The summed E-state index contributed by atoms with van der Waals surface area (Å²) in [6.45, 7) is 14.2. The van der Waals surface area contributed by atoms with Crippen molar-refractivity contribution in [2.75, 3.05) is 42.3 Å². The van der Waals surface area contributed by atoms with Crippen molar-refractivity contribution in [2.45, 2.75) is 51.7 Å². The second kappa shape index (κ2) is 9.17. The van der Waals surface area contributed by atoms with E-state index < -0.39 is 0 Å². The van der Waals surface area contributed by atoms with Gasteiger partial charge in [-0.1, -0.05) is 51.5 Å². The van der Waals surface area contributed by atoms with Crippen LogP contribution in [0.5, 0.6) is 0 Å². The van der Waals surface area contributed by atoms with E-state index in [1.165, 1.54) is 11.8 Å². The molecule has 29 heavy (non-hydrogen) atoms. The van der Waals surface area contributed by atoms with Crippen LogP contribution in [0.4, 0.5) is 11.8 Å². The molecule has 0 aliphatic carbocycles. The fourth-order valence-corrected chi connectivity index (χ4v) is 3.64. The number of thioether (sulfide) groups is 1. The van der Waals surface area contributed by atoms with Gasteiger partial charge in [-0.15, -0.1) is 10.2 Å². The zero-order valence-corrected chi connectivity index (χ0v) is 18.6. The van der Waals surface area contributed by atoms with Crippen molar-refractivity contribution in [3.05, 3.63) is 11.8 Å². The van der Waals surface area contributed by atoms with Gasteiger partial charge < -0.3 is 14.2 Å². The molecule has 0 radical (unpaired) electrons. The normalized spacial score (nSPS) is 15.2. The second-order valence-electron chi connectivity index (χ2n) is 8.55. The molecule has 0 unspecified atom stereocenters. The predicted molar refractivity (Wildman–Crippen MR) is 112 cm³/mol. The molecule has 1 amide bonds. The van der Waals surface area contributed by atoms with Gasteiger partial charge >= 0.3 is 0 Å². The van der Waals surface area contributed by atoms with Gasteiger partial charge in [0, 0.05) is 31.1 Å². The molecule has 0 spiro atoms. The molecule has 3 rings (SSSR count). The largest absolute Gasteiger partial charge is 0.378 e. The van der Waals surface area contributed by atoms with Gasteiger partial charge in [0.25, 0.3) is 0 Å². The first-order chi connectivity index (χ1) is 13.7. The number of hydrogen-bond acceptors (Lipinski definition) is 8. The molecule has 2 aromatic rings. The maximum Gasteiger partial charge on any atom is 0.237 e. The molecule has 9 nitrogen and oxygen atoms in total. The van der Waals surface area contributed by atoms with Crippen LogP contribution in [0, 0.1) is 5.92 Å². The minimum absolute atomic E-state index is 0.135. The predicted octanol–water partition coefficient (Wildman–Crippen LogP) is 2.79. The summed E-state index contributed by atoms with van der Waals surface area (Å²) in [6, 6.07) is 1.76. The lowest BCUT2D eigenvalue weighted by Gasteiger charge is -2.28. The summed E-state index contributed by atoms with van der Waals surface area (Å²) in [4.78, 5) is 14.6. The third kappa shape index (κ3) is 5.72. The minimum Gasteiger partial charge on any atom is -0.378 e. The number of ether oxygens (including phenoxy) is 1. The second-order valence-corrected chi connectivity index (χ2v) is 9.49. The zero-order chi connectivity index (χ0) is 21.0. The Bertz CT molecular complexity index is 820. The van der Waals surface area contributed by atoms with Crippen molar-refractivity contribution in [1.29, 1.82) is 0 Å². The lowest BCUT2D eigenvalue weighted by molar-refractivity contribution is -0.113. The highest BCUT2D eigenvalue weighted by molar-refractivity contribution is 7.99. The van der Waals surface area contributed by atoms with Gasteiger partial charge in [-0.2, -0.15) is 0 Å². The van der Waals surface area contributed by atoms with Gasteiger partial charge in [-0.05, 0) is 5.92 Å². The van der Waals surface area contributed by atoms with Crippen LogP contribution in [0.3, 0.4) is 0 Å². The number of amides is 1. The minimum atomic E-state index is -0.168. The lowest BCUT2D eigenvalue weighted by atomic mass is 9.92. The maximum atomic E-state index is 12.4. The number of anilines is 2. The summed E-state index contributed by atoms with van der Waals surface area (Å²) in [7, 11) is 0. The van der Waals surface area contributed by atoms with Gasteiger partial charge in [0.05, 0.1) is 24.7 Å². The number of carbonyl (C=O) groups excluding carboxylic acids is 1. The van der Waals surface area contributed by atoms with E-state index in [2.05, 4.69) is 44.0 Å². The molecule has 0 atom stereocenters. The Morgan fingerprint density at radius 3 is 2.62 bits per heavy atom. The molecule has 1 aliphatic heterocycles. The maximum absolute atomic E-state index is 12.4. The Balaban J connectivity index is 1.64. The van der Waals surface area contributed by atoms with E-state index in [4.69, 9.17) is 9.26 Å². The highest BCUT2D eigenvalue weighted by Gasteiger charge is 2.23. The highest BCUT2D eigenvalue weighted by atomic mass is 32.2. The molecule has 2 aromatic heterocycles. The SMILES string of the molecule is CC(C)Cn1c(SCC(=O)Nc2cc(C(C)(C)C)no2)nnc1N1CCOCC1. The quantitative estimate of drug-likeness (QED) is 0.680. The van der Waals surface area contributed by atoms with E-state index in [1.807, 2.05) is 20.8 Å². The first-order valence-corrected chi connectivity index (χ1v) is 10.9. The molecule has 0 saturated carbocycles. The summed E-state index contributed by atoms with van der Waals surface area (Å²) >= 11 is 1.37. The van der Waals surface area contributed by atoms with Crippen molar-refractivity contribution >= 4 is 29.5 Å². The van der Waals surface area contributed by atoms with Gasteiger partial charge in [0.1, 0.15) is 0 Å². The summed E-state index contributed by atoms with van der Waals surface area (Å²) in [5, 5.41) is 16.2. The summed E-state index contributed by atoms with van der Waals surface area (Å²) in [6.07, 6.45) is 0. The average Bonchev–Trinajstić information content (AvgIpc) is 3.27. The van der Waals surface area contributed by atoms with E-state index in [-0.39, 0.29) is 17.1 Å². The Hall–Kier alpha value is -2.07. The van der Waals surface area contributed by atoms with Gasteiger partial charge in [-0.3, -0.25) is 14.7 Å². The highest BCUT2D eigenvalue weighted by Crippen LogP contribution is 2.26. The van der Waals surface area contributed by atoms with Crippen molar-refractivity contribution in [1.82, 2.24) is 19.9 Å². The number of aromatic nitrogens is 4. The van der Waals surface area contributed by atoms with E-state index in [0.29, 0.717) is 25.0 Å². The number of rotatable bonds is 7. The fraction of sp³-hybridized carbons (Fsp3) is 0.684. The summed E-state index contributed by atoms with van der Waals surface area (Å²) in [5.74, 6) is 1.68. The average molecular weight is 423 g/mol. The van der Waals surface area contributed by atoms with E-state index in [0.717, 1.165) is 36.4 Å². The third-order valence-corrected chi connectivity index (χ3v) is 5.38. The number of carbonyl (C=O) groups is 1. The van der Waals surface area contributed by atoms with E-state index in [9.17, 15) is 4.79 Å². The first-order valence-electron chi connectivity index (χ1n) is 9.90. The first kappa shape index (κ1) is 21.6. The van der Waals surface area contributed by atoms with E-state index >= 15 is 0 Å². The molecule has 10 heteroatoms. The zero-order valence-electron chi connectivity index (χ0n) is 17.8. The molecule has 0 bridgehead atoms. The molecule has 1 N–H and O–H groups in total. The van der Waals surface area contributed by atoms with Crippen LogP contribution in [0.1, 0.15) is 40.3 Å². The number of nitrogens with one attached hydrogen (secondary N) is 1. The van der Waals surface area contributed by atoms with Crippen LogP contribution < -0.4 is 10.2 Å². The van der Waals surface area contributed by atoms with E-state index in [1.54, 1.807) is 6.07 Å². The molecule has 1 saturated heterocycles. The van der Waals surface area contributed by atoms with Crippen molar-refractivity contribution in [3.63, 3.8) is 0 Å². The third-order valence-electron chi connectivity index (χ3n) is 4.41. The van der Waals surface area contributed by atoms with Crippen LogP contribution in [-0.4, -0.2) is 57.9 Å². The Morgan fingerprint density at radius 1 is 1.28 bits per heavy atom. The Morgan fingerprint density at radius 2 is 2.00 bits per heavy atom. The molecule has 0 aromatic carbocycles. The monoisotopic (exact) mass is 422 g/mol. The van der Waals surface area contributed by atoms with Crippen LogP contribution in [0.2, 0.25) is 0 Å². The van der Waals surface area contributed by atoms with Crippen molar-refractivity contribution < 1.29 is 14.1 Å². The lowest BCUT2D eigenvalue weighted by Crippen LogP contribution is -2.38. The molecule has 3 heterocycles. The van der Waals surface area contributed by atoms with Crippen LogP contribution in [0.15, 0.2) is 15.7 Å². The van der Waals surface area contributed by atoms with Gasteiger partial charge in [0.2, 0.25) is 17.7 Å². The molecular weight excluding hydrogens is 392 g/mol. The van der Waals surface area contributed by atoms with Crippen LogP contribution >= 0.6 is 11.8 Å². The molecular formula is C19H30N6O3S.